The largest absolute Gasteiger partial charge is 0.508 e. The first-order valence-electron chi connectivity index (χ1n) is 16.6. The monoisotopic (exact) mass is 689 g/mol. The van der Waals surface area contributed by atoms with Crippen LogP contribution in [-0.4, -0.2) is 93.3 Å². The Balaban J connectivity index is 1.26. The third-order valence-electron chi connectivity index (χ3n) is 10.7. The molecule has 9 nitrogen and oxygen atoms in total. The first-order chi connectivity index (χ1) is 23.9. The third-order valence-corrected chi connectivity index (χ3v) is 10.7. The van der Waals surface area contributed by atoms with Crippen LogP contribution in [0.15, 0.2) is 30.5 Å². The highest BCUT2D eigenvalue weighted by molar-refractivity contribution is 6.18. The Morgan fingerprint density at radius 1 is 1.06 bits per heavy atom. The zero-order valence-corrected chi connectivity index (χ0v) is 27.0. The van der Waals surface area contributed by atoms with Gasteiger partial charge in [-0.1, -0.05) is 12.0 Å². The first kappa shape index (κ1) is 31.3. The van der Waals surface area contributed by atoms with E-state index >= 15 is 8.78 Å². The number of halogens is 5. The van der Waals surface area contributed by atoms with Crippen LogP contribution in [0.2, 0.25) is 0 Å². The molecular formula is C36H32F5N7O2. The number of alkyl halides is 3. The van der Waals surface area contributed by atoms with E-state index in [-0.39, 0.29) is 76.6 Å². The van der Waals surface area contributed by atoms with Crippen LogP contribution in [0.25, 0.3) is 43.7 Å². The van der Waals surface area contributed by atoms with E-state index in [9.17, 15) is 18.3 Å². The standard InChI is InChI=1S/C36H32F5N7O2/c1-3-23-26(38)7-4-18-8-22(49)9-24(27(18)23)28-30(39)32-29(25-14-46(2)45-31(25)28)33(48-12-20-5-6-21(13-48)42-20)44-34(43-32)50-17-35(15-36(35,40)41)16-47-10-19(37)11-47/h1,4,7-9,14,19-21,42,49H,5-6,10-13,15-17H2,2H3/t20?,21?,35-/m1/s1. The number of nitrogens with zero attached hydrogens (tertiary/aromatic N) is 6. The highest BCUT2D eigenvalue weighted by atomic mass is 19.3. The summed E-state index contributed by atoms with van der Waals surface area (Å²) < 4.78 is 83.2. The number of aryl methyl sites for hydroxylation is 1. The SMILES string of the molecule is C#Cc1c(F)ccc2cc(O)cc(-c3c(F)c4nc(OC[C@]5(CN6CC(F)C6)CC5(F)F)nc(N5CC6CCC(C5)N6)c4c4cn(C)nc34)c12. The fraction of sp³-hybridized carbons (Fsp3) is 0.417. The highest BCUT2D eigenvalue weighted by Gasteiger charge is 2.72. The number of piperazine rings is 1. The van der Waals surface area contributed by atoms with Gasteiger partial charge in [0.1, 0.15) is 41.2 Å². The van der Waals surface area contributed by atoms with E-state index in [1.807, 2.05) is 4.90 Å². The Kier molecular flexibility index (Phi) is 6.80. The van der Waals surface area contributed by atoms with Gasteiger partial charge in [0.05, 0.1) is 16.4 Å². The molecule has 2 unspecified atom stereocenters. The van der Waals surface area contributed by atoms with Crippen molar-refractivity contribution in [3.63, 3.8) is 0 Å². The minimum atomic E-state index is -3.02. The van der Waals surface area contributed by atoms with Crippen LogP contribution >= 0.6 is 0 Å². The number of fused-ring (bicyclic) bond motifs is 6. The number of aromatic nitrogens is 4. The van der Waals surface area contributed by atoms with Gasteiger partial charge in [-0.3, -0.25) is 9.58 Å². The number of likely N-dealkylation sites (tertiary alicyclic amines) is 1. The van der Waals surface area contributed by atoms with Gasteiger partial charge < -0.3 is 20.1 Å². The van der Waals surface area contributed by atoms with Crippen molar-refractivity contribution in [1.29, 1.82) is 0 Å². The number of ether oxygens (including phenoxy) is 1. The lowest BCUT2D eigenvalue weighted by Gasteiger charge is -2.37. The number of benzene rings is 3. The van der Waals surface area contributed by atoms with E-state index < -0.39 is 42.2 Å². The maximum atomic E-state index is 17.4. The average molecular weight is 690 g/mol. The van der Waals surface area contributed by atoms with Gasteiger partial charge in [-0.25, -0.2) is 22.0 Å². The number of aromatic hydroxyl groups is 1. The fourth-order valence-electron chi connectivity index (χ4n) is 8.21. The minimum Gasteiger partial charge on any atom is -0.508 e. The summed E-state index contributed by atoms with van der Waals surface area (Å²) in [4.78, 5) is 12.9. The zero-order valence-electron chi connectivity index (χ0n) is 27.0. The van der Waals surface area contributed by atoms with Gasteiger partial charge in [0.2, 0.25) is 0 Å². The molecule has 1 aliphatic carbocycles. The number of nitrogens with one attached hydrogen (secondary N) is 1. The molecule has 2 N–H and O–H groups in total. The van der Waals surface area contributed by atoms with Crippen LogP contribution in [0, 0.1) is 29.4 Å². The molecule has 0 radical (unpaired) electrons. The van der Waals surface area contributed by atoms with E-state index in [4.69, 9.17) is 16.1 Å². The molecule has 50 heavy (non-hydrogen) atoms. The maximum Gasteiger partial charge on any atom is 0.319 e. The second-order valence-corrected chi connectivity index (χ2v) is 14.3. The Bertz CT molecular complexity index is 2270. The summed E-state index contributed by atoms with van der Waals surface area (Å²) in [5.74, 6) is -2.01. The first-order valence-corrected chi connectivity index (χ1v) is 16.6. The van der Waals surface area contributed by atoms with Crippen molar-refractivity contribution < 1.29 is 31.8 Å². The molecule has 5 aromatic rings. The van der Waals surface area contributed by atoms with Gasteiger partial charge in [0, 0.05) is 80.8 Å². The topological polar surface area (TPSA) is 91.6 Å². The fourth-order valence-corrected chi connectivity index (χ4v) is 8.21. The lowest BCUT2D eigenvalue weighted by molar-refractivity contribution is -0.0118. The van der Waals surface area contributed by atoms with E-state index in [2.05, 4.69) is 21.3 Å². The Morgan fingerprint density at radius 2 is 1.80 bits per heavy atom. The molecule has 3 aliphatic heterocycles. The molecule has 2 aromatic heterocycles. The normalized spacial score (nSPS) is 24.6. The summed E-state index contributed by atoms with van der Waals surface area (Å²) in [6.07, 6.45) is 7.91. The van der Waals surface area contributed by atoms with E-state index in [1.165, 1.54) is 28.9 Å². The summed E-state index contributed by atoms with van der Waals surface area (Å²) in [6.45, 7) is 0.813. The Hall–Kier alpha value is -4.74. The molecule has 2 bridgehead atoms. The second kappa shape index (κ2) is 10.9. The predicted octanol–water partition coefficient (Wildman–Crippen LogP) is 5.30. The predicted molar refractivity (Wildman–Crippen MR) is 177 cm³/mol. The molecule has 4 aliphatic rings. The van der Waals surface area contributed by atoms with Crippen LogP contribution in [0.4, 0.5) is 27.8 Å². The molecule has 3 saturated heterocycles. The van der Waals surface area contributed by atoms with Crippen molar-refractivity contribution in [1.82, 2.24) is 30.0 Å². The van der Waals surface area contributed by atoms with Crippen LogP contribution < -0.4 is 15.0 Å². The molecule has 0 spiro atoms. The van der Waals surface area contributed by atoms with Gasteiger partial charge in [0.15, 0.2) is 5.82 Å². The molecule has 258 valence electrons. The second-order valence-electron chi connectivity index (χ2n) is 14.3. The minimum absolute atomic E-state index is 0.0462. The number of hydrogen-bond donors (Lipinski definition) is 2. The van der Waals surface area contributed by atoms with Gasteiger partial charge in [-0.2, -0.15) is 15.1 Å². The molecule has 14 heteroatoms. The summed E-state index contributed by atoms with van der Waals surface area (Å²) >= 11 is 0. The third kappa shape index (κ3) is 4.77. The lowest BCUT2D eigenvalue weighted by Crippen LogP contribution is -2.52. The van der Waals surface area contributed by atoms with Gasteiger partial charge >= 0.3 is 6.01 Å². The number of phenols is 1. The smallest absolute Gasteiger partial charge is 0.319 e. The molecular weight excluding hydrogens is 657 g/mol. The van der Waals surface area contributed by atoms with Crippen molar-refractivity contribution in [3.8, 4) is 35.2 Å². The van der Waals surface area contributed by atoms with Crippen molar-refractivity contribution in [2.75, 3.05) is 44.2 Å². The summed E-state index contributed by atoms with van der Waals surface area (Å²) in [7, 11) is 1.68. The molecule has 3 atom stereocenters. The highest BCUT2D eigenvalue weighted by Crippen LogP contribution is 2.61. The van der Waals surface area contributed by atoms with Crippen LogP contribution in [-0.2, 0) is 7.05 Å². The molecule has 5 heterocycles. The van der Waals surface area contributed by atoms with Crippen molar-refractivity contribution in [2.45, 2.75) is 43.4 Å². The summed E-state index contributed by atoms with van der Waals surface area (Å²) in [6, 6.07) is 5.43. The van der Waals surface area contributed by atoms with Crippen molar-refractivity contribution in [3.05, 3.63) is 47.7 Å². The Morgan fingerprint density at radius 3 is 2.48 bits per heavy atom. The summed E-state index contributed by atoms with van der Waals surface area (Å²) in [5.41, 5.74) is -1.56. The van der Waals surface area contributed by atoms with E-state index in [0.29, 0.717) is 35.1 Å². The van der Waals surface area contributed by atoms with Crippen molar-refractivity contribution in [2.24, 2.45) is 12.5 Å². The van der Waals surface area contributed by atoms with E-state index in [1.54, 1.807) is 18.1 Å². The summed E-state index contributed by atoms with van der Waals surface area (Å²) in [5, 5.41) is 20.4. The van der Waals surface area contributed by atoms with Gasteiger partial charge in [0.25, 0.3) is 5.92 Å². The molecule has 3 aromatic carbocycles. The molecule has 0 amide bonds. The van der Waals surface area contributed by atoms with Crippen LogP contribution in [0.5, 0.6) is 11.8 Å². The number of phenolic OH excluding ortho intramolecular Hbond substituents is 1. The quantitative estimate of drug-likeness (QED) is 0.176. The number of anilines is 1. The maximum absolute atomic E-state index is 17.4. The molecule has 1 saturated carbocycles. The number of terminal acetylenes is 1. The number of rotatable bonds is 7. The lowest BCUT2D eigenvalue weighted by atomic mass is 9.91. The average Bonchev–Trinajstić information content (AvgIpc) is 3.27. The zero-order chi connectivity index (χ0) is 34.7. The van der Waals surface area contributed by atoms with Crippen molar-refractivity contribution >= 4 is 38.4 Å². The Labute approximate surface area is 283 Å². The molecule has 9 rings (SSSR count). The van der Waals surface area contributed by atoms with Gasteiger partial charge in [-0.05, 0) is 42.0 Å². The van der Waals surface area contributed by atoms with Gasteiger partial charge in [-0.15, -0.1) is 6.42 Å². The van der Waals surface area contributed by atoms with Crippen LogP contribution in [0.3, 0.4) is 0 Å². The molecule has 4 fully saturated rings. The van der Waals surface area contributed by atoms with E-state index in [0.717, 1.165) is 12.8 Å². The van der Waals surface area contributed by atoms with Crippen LogP contribution in [0.1, 0.15) is 24.8 Å². The number of hydrogen-bond acceptors (Lipinski definition) is 8.